The lowest BCUT2D eigenvalue weighted by molar-refractivity contribution is -0.165. The Labute approximate surface area is 91.2 Å². The Balaban J connectivity index is 2.91. The van der Waals surface area contributed by atoms with Gasteiger partial charge >= 0.3 is 5.97 Å². The summed E-state index contributed by atoms with van der Waals surface area (Å²) in [6, 6.07) is 0. The second-order valence-corrected chi connectivity index (χ2v) is 4.34. The molecule has 1 aliphatic rings. The molecule has 0 N–H and O–H groups in total. The Hall–Kier alpha value is -0.860. The van der Waals surface area contributed by atoms with Gasteiger partial charge in [0.15, 0.2) is 0 Å². The zero-order valence-corrected chi connectivity index (χ0v) is 9.84. The van der Waals surface area contributed by atoms with E-state index < -0.39 is 5.41 Å². The van der Waals surface area contributed by atoms with E-state index in [4.69, 9.17) is 4.74 Å². The van der Waals surface area contributed by atoms with Gasteiger partial charge in [0.05, 0.1) is 6.61 Å². The normalized spacial score (nSPS) is 31.4. The monoisotopic (exact) mass is 212 g/mol. The van der Waals surface area contributed by atoms with Crippen LogP contribution in [0.25, 0.3) is 0 Å². The van der Waals surface area contributed by atoms with Gasteiger partial charge in [-0.1, -0.05) is 13.3 Å². The van der Waals surface area contributed by atoms with Crippen molar-refractivity contribution in [2.45, 2.75) is 46.5 Å². The molecule has 1 aliphatic carbocycles. The molecule has 0 unspecified atom stereocenters. The zero-order chi connectivity index (χ0) is 11.5. The van der Waals surface area contributed by atoms with Crippen molar-refractivity contribution in [3.63, 3.8) is 0 Å². The first-order valence-electron chi connectivity index (χ1n) is 5.77. The number of esters is 1. The van der Waals surface area contributed by atoms with Crippen molar-refractivity contribution in [1.82, 2.24) is 0 Å². The predicted molar refractivity (Wildman–Crippen MR) is 57.4 cm³/mol. The lowest BCUT2D eigenvalue weighted by Crippen LogP contribution is -2.46. The summed E-state index contributed by atoms with van der Waals surface area (Å²) in [4.78, 5) is 23.8. The van der Waals surface area contributed by atoms with Crippen LogP contribution in [0.4, 0.5) is 0 Å². The Morgan fingerprint density at radius 2 is 2.20 bits per heavy atom. The minimum atomic E-state index is -0.886. The fraction of sp³-hybridized carbons (Fsp3) is 0.833. The molecular weight excluding hydrogens is 192 g/mol. The van der Waals surface area contributed by atoms with Crippen molar-refractivity contribution < 1.29 is 14.3 Å². The number of Topliss-reactive ketones (excluding diaryl/α,β-unsaturated/α-hetero) is 1. The molecule has 3 heteroatoms. The van der Waals surface area contributed by atoms with E-state index in [0.29, 0.717) is 13.0 Å². The van der Waals surface area contributed by atoms with E-state index in [2.05, 4.69) is 0 Å². The van der Waals surface area contributed by atoms with Crippen LogP contribution in [-0.4, -0.2) is 18.4 Å². The third-order valence-electron chi connectivity index (χ3n) is 3.54. The van der Waals surface area contributed by atoms with Crippen LogP contribution in [0, 0.1) is 11.3 Å². The molecule has 1 fully saturated rings. The molecule has 1 saturated carbocycles. The Morgan fingerprint density at radius 1 is 1.53 bits per heavy atom. The maximum absolute atomic E-state index is 11.9. The number of carbonyl (C=O) groups is 2. The molecule has 0 saturated heterocycles. The fourth-order valence-corrected chi connectivity index (χ4v) is 2.46. The lowest BCUT2D eigenvalue weighted by atomic mass is 9.65. The van der Waals surface area contributed by atoms with Gasteiger partial charge in [-0.2, -0.15) is 0 Å². The largest absolute Gasteiger partial charge is 0.465 e. The van der Waals surface area contributed by atoms with Crippen molar-refractivity contribution in [1.29, 1.82) is 0 Å². The van der Waals surface area contributed by atoms with Gasteiger partial charge in [0, 0.05) is 6.42 Å². The molecule has 0 aromatic rings. The van der Waals surface area contributed by atoms with E-state index in [9.17, 15) is 9.59 Å². The molecule has 86 valence electrons. The summed E-state index contributed by atoms with van der Waals surface area (Å²) >= 11 is 0. The molecule has 3 nitrogen and oxygen atoms in total. The summed E-state index contributed by atoms with van der Waals surface area (Å²) in [5.41, 5.74) is -0.886. The minimum absolute atomic E-state index is 0.0547. The van der Waals surface area contributed by atoms with Gasteiger partial charge in [-0.05, 0) is 32.6 Å². The van der Waals surface area contributed by atoms with Crippen LogP contribution in [0.3, 0.4) is 0 Å². The van der Waals surface area contributed by atoms with E-state index in [1.54, 1.807) is 13.8 Å². The Bertz CT molecular complexity index is 260. The molecule has 0 heterocycles. The van der Waals surface area contributed by atoms with Crippen molar-refractivity contribution >= 4 is 11.8 Å². The highest BCUT2D eigenvalue weighted by atomic mass is 16.5. The molecule has 15 heavy (non-hydrogen) atoms. The van der Waals surface area contributed by atoms with Crippen LogP contribution in [0.15, 0.2) is 0 Å². The SMILES string of the molecule is CCOC(=O)[C@]1(C)C(=O)CCC[C@H]1CC. The summed E-state index contributed by atoms with van der Waals surface area (Å²) in [5.74, 6) is -0.126. The van der Waals surface area contributed by atoms with E-state index in [1.165, 1.54) is 0 Å². The highest BCUT2D eigenvalue weighted by molar-refractivity contribution is 6.04. The van der Waals surface area contributed by atoms with Gasteiger partial charge in [0.1, 0.15) is 11.2 Å². The molecule has 0 aromatic carbocycles. The van der Waals surface area contributed by atoms with Gasteiger partial charge in [0.2, 0.25) is 0 Å². The molecule has 0 amide bonds. The molecule has 0 radical (unpaired) electrons. The van der Waals surface area contributed by atoms with Crippen LogP contribution < -0.4 is 0 Å². The van der Waals surface area contributed by atoms with Gasteiger partial charge in [-0.15, -0.1) is 0 Å². The minimum Gasteiger partial charge on any atom is -0.465 e. The summed E-state index contributed by atoms with van der Waals surface area (Å²) in [6.45, 7) is 5.90. The first-order chi connectivity index (χ1) is 7.07. The highest BCUT2D eigenvalue weighted by Gasteiger charge is 2.49. The summed E-state index contributed by atoms with van der Waals surface area (Å²) in [5, 5.41) is 0. The van der Waals surface area contributed by atoms with Crippen molar-refractivity contribution in [2.75, 3.05) is 6.61 Å². The van der Waals surface area contributed by atoms with Crippen molar-refractivity contribution in [2.24, 2.45) is 11.3 Å². The van der Waals surface area contributed by atoms with Crippen LogP contribution in [0.1, 0.15) is 46.5 Å². The Morgan fingerprint density at radius 3 is 2.73 bits per heavy atom. The molecule has 0 spiro atoms. The first kappa shape index (κ1) is 12.2. The average Bonchev–Trinajstić information content (AvgIpc) is 2.22. The van der Waals surface area contributed by atoms with E-state index in [-0.39, 0.29) is 17.7 Å². The van der Waals surface area contributed by atoms with Crippen molar-refractivity contribution in [3.8, 4) is 0 Å². The number of ketones is 1. The van der Waals surface area contributed by atoms with Gasteiger partial charge < -0.3 is 4.74 Å². The number of carbonyl (C=O) groups excluding carboxylic acids is 2. The van der Waals surface area contributed by atoms with E-state index >= 15 is 0 Å². The number of hydrogen-bond acceptors (Lipinski definition) is 3. The fourth-order valence-electron chi connectivity index (χ4n) is 2.46. The number of rotatable bonds is 3. The van der Waals surface area contributed by atoms with Crippen LogP contribution in [0.2, 0.25) is 0 Å². The third kappa shape index (κ3) is 2.06. The van der Waals surface area contributed by atoms with E-state index in [1.807, 2.05) is 6.92 Å². The van der Waals surface area contributed by atoms with Gasteiger partial charge in [0.25, 0.3) is 0 Å². The van der Waals surface area contributed by atoms with Gasteiger partial charge in [-0.25, -0.2) is 0 Å². The second-order valence-electron chi connectivity index (χ2n) is 4.34. The lowest BCUT2D eigenvalue weighted by Gasteiger charge is -2.37. The third-order valence-corrected chi connectivity index (χ3v) is 3.54. The quantitative estimate of drug-likeness (QED) is 0.532. The summed E-state index contributed by atoms with van der Waals surface area (Å²) in [7, 11) is 0. The topological polar surface area (TPSA) is 43.4 Å². The molecule has 0 aromatic heterocycles. The molecule has 1 rings (SSSR count). The maximum atomic E-state index is 11.9. The highest BCUT2D eigenvalue weighted by Crippen LogP contribution is 2.41. The Kier molecular flexibility index (Phi) is 3.89. The number of hydrogen-bond donors (Lipinski definition) is 0. The predicted octanol–water partition coefficient (Wildman–Crippen LogP) is 2.33. The van der Waals surface area contributed by atoms with E-state index in [0.717, 1.165) is 19.3 Å². The van der Waals surface area contributed by atoms with Gasteiger partial charge in [-0.3, -0.25) is 9.59 Å². The standard InChI is InChI=1S/C12H20O3/c1-4-9-7-6-8-10(13)12(9,3)11(14)15-5-2/h9H,4-8H2,1-3H3/t9-,12+/m1/s1. The van der Waals surface area contributed by atoms with Crippen LogP contribution in [-0.2, 0) is 14.3 Å². The smallest absolute Gasteiger partial charge is 0.319 e. The molecule has 2 atom stereocenters. The zero-order valence-electron chi connectivity index (χ0n) is 9.84. The summed E-state index contributed by atoms with van der Waals surface area (Å²) < 4.78 is 5.03. The molecule has 0 aliphatic heterocycles. The second kappa shape index (κ2) is 4.77. The molecule has 0 bridgehead atoms. The summed E-state index contributed by atoms with van der Waals surface area (Å²) in [6.07, 6.45) is 3.25. The van der Waals surface area contributed by atoms with Crippen LogP contribution >= 0.6 is 0 Å². The maximum Gasteiger partial charge on any atom is 0.319 e. The average molecular weight is 212 g/mol. The van der Waals surface area contributed by atoms with Crippen molar-refractivity contribution in [3.05, 3.63) is 0 Å². The first-order valence-corrected chi connectivity index (χ1v) is 5.77. The molecular formula is C12H20O3. The van der Waals surface area contributed by atoms with Crippen LogP contribution in [0.5, 0.6) is 0 Å². The number of ether oxygens (including phenoxy) is 1.